The Kier molecular flexibility index (Phi) is 14.4. The number of hydrogen-bond donors (Lipinski definition) is 3. The first-order valence-corrected chi connectivity index (χ1v) is 12.6. The van der Waals surface area contributed by atoms with E-state index >= 15 is 0 Å². The Morgan fingerprint density at radius 2 is 1.08 bits per heavy atom. The predicted molar refractivity (Wildman–Crippen MR) is 133 cm³/mol. The van der Waals surface area contributed by atoms with Crippen LogP contribution in [0, 0.1) is 0 Å². The highest BCUT2D eigenvalue weighted by Crippen LogP contribution is 2.17. The number of aliphatic hydroxyl groups is 3. The molecule has 0 radical (unpaired) electrons. The molecule has 2 heterocycles. The third kappa shape index (κ3) is 11.2. The van der Waals surface area contributed by atoms with Crippen molar-refractivity contribution in [2.24, 2.45) is 0 Å². The van der Waals surface area contributed by atoms with Crippen LogP contribution in [0.25, 0.3) is 0 Å². The lowest BCUT2D eigenvalue weighted by molar-refractivity contribution is -0.141. The summed E-state index contributed by atoms with van der Waals surface area (Å²) in [5.74, 6) is -1.78. The molecule has 220 valence electrons. The molecule has 14 heteroatoms. The van der Waals surface area contributed by atoms with E-state index in [2.05, 4.69) is 13.2 Å². The van der Waals surface area contributed by atoms with Crippen LogP contribution in [0.4, 0.5) is 0 Å². The number of rotatable bonds is 21. The van der Waals surface area contributed by atoms with Gasteiger partial charge in [0.05, 0.1) is 104 Å². The second-order valence-corrected chi connectivity index (χ2v) is 9.00. The van der Waals surface area contributed by atoms with E-state index in [1.807, 2.05) is 0 Å². The highest BCUT2D eigenvalue weighted by molar-refractivity contribution is 6.13. The number of amides is 4. The molecule has 2 aliphatic heterocycles. The normalized spacial score (nSPS) is 18.5. The van der Waals surface area contributed by atoms with Crippen LogP contribution in [0.5, 0.6) is 0 Å². The van der Waals surface area contributed by atoms with Crippen molar-refractivity contribution >= 4 is 23.6 Å². The first kappa shape index (κ1) is 32.7. The number of likely N-dealkylation sites (tertiary alicyclic amines) is 2. The maximum Gasteiger partial charge on any atom is 0.256 e. The Labute approximate surface area is 226 Å². The highest BCUT2D eigenvalue weighted by atomic mass is 16.6. The minimum absolute atomic E-state index is 0.0422. The fourth-order valence-electron chi connectivity index (χ4n) is 3.68. The number of hydrogen-bond acceptors (Lipinski definition) is 12. The van der Waals surface area contributed by atoms with Crippen molar-refractivity contribution < 1.29 is 58.2 Å². The maximum absolute atomic E-state index is 11.8. The zero-order valence-electron chi connectivity index (χ0n) is 22.0. The SMILES string of the molecule is C=C1CC(=O)N(CC(O)COCCOCC(COCCO)OCCOCC(O)CN2C(=O)CC(=C)C2=O)C1=O. The molecule has 0 aromatic rings. The number of imide groups is 2. The van der Waals surface area contributed by atoms with Gasteiger partial charge in [-0.1, -0.05) is 13.2 Å². The van der Waals surface area contributed by atoms with Crippen molar-refractivity contribution in [1.82, 2.24) is 9.80 Å². The van der Waals surface area contributed by atoms with Gasteiger partial charge in [0.2, 0.25) is 11.8 Å². The van der Waals surface area contributed by atoms with Crippen molar-refractivity contribution in [3.05, 3.63) is 24.3 Å². The lowest BCUT2D eigenvalue weighted by Crippen LogP contribution is -2.38. The average Bonchev–Trinajstić information content (AvgIpc) is 3.27. The molecule has 2 saturated heterocycles. The van der Waals surface area contributed by atoms with E-state index in [0.717, 1.165) is 9.80 Å². The van der Waals surface area contributed by atoms with Crippen LogP contribution in [0.15, 0.2) is 24.3 Å². The minimum Gasteiger partial charge on any atom is -0.394 e. The second-order valence-electron chi connectivity index (χ2n) is 9.00. The highest BCUT2D eigenvalue weighted by Gasteiger charge is 2.34. The Morgan fingerprint density at radius 1 is 0.667 bits per heavy atom. The van der Waals surface area contributed by atoms with E-state index in [1.165, 1.54) is 0 Å². The van der Waals surface area contributed by atoms with Crippen LogP contribution in [0.3, 0.4) is 0 Å². The summed E-state index contributed by atoms with van der Waals surface area (Å²) in [4.78, 5) is 49.0. The number of carbonyl (C=O) groups is 4. The van der Waals surface area contributed by atoms with E-state index in [0.29, 0.717) is 0 Å². The van der Waals surface area contributed by atoms with Gasteiger partial charge < -0.3 is 39.0 Å². The average molecular weight is 559 g/mol. The molecule has 2 rings (SSSR count). The summed E-state index contributed by atoms with van der Waals surface area (Å²) in [7, 11) is 0. The zero-order chi connectivity index (χ0) is 28.8. The standard InChI is InChI=1S/C25H38N2O12/c1-17-9-22(31)26(24(17)33)11-19(29)13-36-5-6-38-16-21(15-35-4-3-28)39-8-7-37-14-20(30)12-27-23(32)10-18(2)25(27)34/h19-21,28-30H,1-16H2. The van der Waals surface area contributed by atoms with Gasteiger partial charge in [-0.3, -0.25) is 29.0 Å². The van der Waals surface area contributed by atoms with Gasteiger partial charge in [0, 0.05) is 11.1 Å². The van der Waals surface area contributed by atoms with Crippen molar-refractivity contribution in [2.75, 3.05) is 79.2 Å². The predicted octanol–water partition coefficient (Wildman–Crippen LogP) is -2.22. The van der Waals surface area contributed by atoms with Gasteiger partial charge in [0.1, 0.15) is 6.10 Å². The van der Waals surface area contributed by atoms with Crippen LogP contribution in [0.1, 0.15) is 12.8 Å². The third-order valence-electron chi connectivity index (χ3n) is 5.63. The topological polar surface area (TPSA) is 182 Å². The van der Waals surface area contributed by atoms with Crippen LogP contribution >= 0.6 is 0 Å². The molecule has 3 N–H and O–H groups in total. The van der Waals surface area contributed by atoms with Gasteiger partial charge >= 0.3 is 0 Å². The van der Waals surface area contributed by atoms with E-state index in [4.69, 9.17) is 28.8 Å². The number of aliphatic hydroxyl groups excluding tert-OH is 3. The summed E-state index contributed by atoms with van der Waals surface area (Å²) in [6.45, 7) is 7.35. The monoisotopic (exact) mass is 558 g/mol. The summed E-state index contributed by atoms with van der Waals surface area (Å²) in [6, 6.07) is 0. The van der Waals surface area contributed by atoms with Gasteiger partial charge in [0.15, 0.2) is 0 Å². The van der Waals surface area contributed by atoms with Crippen molar-refractivity contribution in [2.45, 2.75) is 31.2 Å². The molecule has 0 aliphatic carbocycles. The molecule has 4 amide bonds. The lowest BCUT2D eigenvalue weighted by Gasteiger charge is -2.20. The molecule has 2 fully saturated rings. The molecular weight excluding hydrogens is 520 g/mol. The summed E-state index contributed by atoms with van der Waals surface area (Å²) in [5, 5.41) is 29.0. The number of nitrogens with zero attached hydrogens (tertiary/aromatic N) is 2. The fourth-order valence-corrected chi connectivity index (χ4v) is 3.68. The number of carbonyl (C=O) groups excluding carboxylic acids is 4. The molecule has 0 aromatic heterocycles. The second kappa shape index (κ2) is 17.2. The van der Waals surface area contributed by atoms with Crippen LogP contribution in [0.2, 0.25) is 0 Å². The quantitative estimate of drug-likeness (QED) is 0.0786. The van der Waals surface area contributed by atoms with Crippen molar-refractivity contribution in [1.29, 1.82) is 0 Å². The van der Waals surface area contributed by atoms with Gasteiger partial charge in [-0.15, -0.1) is 0 Å². The van der Waals surface area contributed by atoms with Crippen LogP contribution < -0.4 is 0 Å². The molecule has 14 nitrogen and oxygen atoms in total. The van der Waals surface area contributed by atoms with E-state index in [9.17, 15) is 29.4 Å². The summed E-state index contributed by atoms with van der Waals surface area (Å²) >= 11 is 0. The Hall–Kier alpha value is -2.56. The summed E-state index contributed by atoms with van der Waals surface area (Å²) < 4.78 is 27.2. The minimum atomic E-state index is -1.05. The van der Waals surface area contributed by atoms with Gasteiger partial charge in [-0.2, -0.15) is 0 Å². The molecule has 3 unspecified atom stereocenters. The first-order chi connectivity index (χ1) is 18.6. The Bertz CT molecular complexity index is 879. The maximum atomic E-state index is 11.8. The molecule has 39 heavy (non-hydrogen) atoms. The summed E-state index contributed by atoms with van der Waals surface area (Å²) in [5.41, 5.74) is 0.396. The molecule has 0 aromatic carbocycles. The van der Waals surface area contributed by atoms with E-state index in [1.54, 1.807) is 0 Å². The Balaban J connectivity index is 1.57. The van der Waals surface area contributed by atoms with Crippen LogP contribution in [-0.4, -0.2) is 146 Å². The first-order valence-electron chi connectivity index (χ1n) is 12.6. The number of β-amino-alcohol motifs (C(OH)–C–C–N with tert-alkyl or cyclic N) is 2. The smallest absolute Gasteiger partial charge is 0.256 e. The van der Waals surface area contributed by atoms with Gasteiger partial charge in [-0.25, -0.2) is 0 Å². The van der Waals surface area contributed by atoms with Gasteiger partial charge in [0.25, 0.3) is 11.8 Å². The van der Waals surface area contributed by atoms with Crippen molar-refractivity contribution in [3.63, 3.8) is 0 Å². The third-order valence-corrected chi connectivity index (χ3v) is 5.63. The molecule has 0 bridgehead atoms. The summed E-state index contributed by atoms with van der Waals surface area (Å²) in [6.07, 6.45) is -2.66. The Morgan fingerprint density at radius 3 is 1.49 bits per heavy atom. The van der Waals surface area contributed by atoms with E-state index in [-0.39, 0.29) is 103 Å². The molecule has 0 saturated carbocycles. The molecular formula is C25H38N2O12. The largest absolute Gasteiger partial charge is 0.394 e. The number of ether oxygens (including phenoxy) is 5. The fraction of sp³-hybridized carbons (Fsp3) is 0.680. The van der Waals surface area contributed by atoms with Crippen LogP contribution in [-0.2, 0) is 42.9 Å². The molecule has 3 atom stereocenters. The molecule has 0 spiro atoms. The van der Waals surface area contributed by atoms with Gasteiger partial charge in [-0.05, 0) is 0 Å². The zero-order valence-corrected chi connectivity index (χ0v) is 22.0. The van der Waals surface area contributed by atoms with Crippen molar-refractivity contribution in [3.8, 4) is 0 Å². The molecule has 2 aliphatic rings. The van der Waals surface area contributed by atoms with E-state index < -0.39 is 41.9 Å². The lowest BCUT2D eigenvalue weighted by atomic mass is 10.3.